The van der Waals surface area contributed by atoms with Gasteiger partial charge in [-0.3, -0.25) is 0 Å². The number of nitrogens with zero attached hydrogens (tertiary/aromatic N) is 1. The van der Waals surface area contributed by atoms with E-state index in [1.807, 2.05) is 0 Å². The van der Waals surface area contributed by atoms with Crippen LogP contribution in [0.25, 0.3) is 0 Å². The molecule has 0 radical (unpaired) electrons. The number of carboxylic acids is 1. The monoisotopic (exact) mass is 190 g/mol. The van der Waals surface area contributed by atoms with Gasteiger partial charge in [-0.1, -0.05) is 0 Å². The maximum absolute atomic E-state index is 10.7. The highest BCUT2D eigenvalue weighted by atomic mass is 16.4. The Morgan fingerprint density at radius 3 is 3.14 bits per heavy atom. The first kappa shape index (κ1) is 10.1. The highest BCUT2D eigenvalue weighted by Gasteiger charge is 2.08. The molecule has 0 aliphatic carbocycles. The van der Waals surface area contributed by atoms with Crippen LogP contribution in [0.4, 0.5) is 5.82 Å². The van der Waals surface area contributed by atoms with Gasteiger partial charge in [0.25, 0.3) is 0 Å². The number of carbonyl (C=O) groups is 1. The molecule has 0 saturated carbocycles. The molecule has 0 aliphatic rings. The lowest BCUT2D eigenvalue weighted by molar-refractivity contribution is 0.0697. The highest BCUT2D eigenvalue weighted by Crippen LogP contribution is 2.10. The van der Waals surface area contributed by atoms with Crippen LogP contribution in [-0.2, 0) is 0 Å². The largest absolute Gasteiger partial charge is 0.478 e. The predicted molar refractivity (Wildman–Crippen MR) is 53.1 cm³/mol. The maximum Gasteiger partial charge on any atom is 0.339 e. The second kappa shape index (κ2) is 4.87. The lowest BCUT2D eigenvalue weighted by atomic mass is 10.2. The van der Waals surface area contributed by atoms with E-state index < -0.39 is 5.97 Å². The smallest absolute Gasteiger partial charge is 0.339 e. The average Bonchev–Trinajstić information content (AvgIpc) is 2.19. The molecule has 0 atom stereocenters. The minimum atomic E-state index is -0.999. The van der Waals surface area contributed by atoms with Gasteiger partial charge in [0.05, 0.1) is 0 Å². The second-order valence-corrected chi connectivity index (χ2v) is 2.59. The number of aromatic nitrogens is 1. The van der Waals surface area contributed by atoms with E-state index in [1.54, 1.807) is 6.07 Å². The fourth-order valence-corrected chi connectivity index (χ4v) is 0.972. The molecule has 4 heteroatoms. The van der Waals surface area contributed by atoms with Gasteiger partial charge < -0.3 is 10.4 Å². The molecule has 0 bridgehead atoms. The summed E-state index contributed by atoms with van der Waals surface area (Å²) < 4.78 is 0. The Kier molecular flexibility index (Phi) is 3.50. The van der Waals surface area contributed by atoms with Crippen molar-refractivity contribution in [2.24, 2.45) is 0 Å². The Hall–Kier alpha value is -2.02. The SMILES string of the molecule is C#CCCNc1ncccc1C(=O)O. The number of nitrogens with one attached hydrogen (secondary N) is 1. The van der Waals surface area contributed by atoms with Gasteiger partial charge in [-0.05, 0) is 12.1 Å². The molecular formula is C10H10N2O2. The summed E-state index contributed by atoms with van der Waals surface area (Å²) in [5, 5.41) is 11.7. The van der Waals surface area contributed by atoms with Crippen LogP contribution < -0.4 is 5.32 Å². The third-order valence-corrected chi connectivity index (χ3v) is 1.60. The molecule has 4 nitrogen and oxygen atoms in total. The van der Waals surface area contributed by atoms with Gasteiger partial charge in [-0.25, -0.2) is 9.78 Å². The van der Waals surface area contributed by atoms with E-state index in [1.165, 1.54) is 12.3 Å². The van der Waals surface area contributed by atoms with Crippen LogP contribution in [0.15, 0.2) is 18.3 Å². The number of rotatable bonds is 4. The zero-order valence-electron chi connectivity index (χ0n) is 7.53. The first-order chi connectivity index (χ1) is 6.75. The quantitative estimate of drug-likeness (QED) is 0.553. The summed E-state index contributed by atoms with van der Waals surface area (Å²) >= 11 is 0. The molecule has 0 aromatic carbocycles. The van der Waals surface area contributed by atoms with Crippen molar-refractivity contribution in [1.29, 1.82) is 0 Å². The van der Waals surface area contributed by atoms with E-state index in [-0.39, 0.29) is 5.56 Å². The van der Waals surface area contributed by atoms with Gasteiger partial charge in [-0.2, -0.15) is 0 Å². The molecular weight excluding hydrogens is 180 g/mol. The molecule has 1 aromatic rings. The fourth-order valence-electron chi connectivity index (χ4n) is 0.972. The normalized spacial score (nSPS) is 9.07. The number of carboxylic acid groups (broad SMARTS) is 1. The number of aromatic carboxylic acids is 1. The van der Waals surface area contributed by atoms with Crippen LogP contribution in [0.1, 0.15) is 16.8 Å². The minimum absolute atomic E-state index is 0.157. The van der Waals surface area contributed by atoms with Gasteiger partial charge in [0.15, 0.2) is 0 Å². The molecule has 1 aromatic heterocycles. The Morgan fingerprint density at radius 1 is 1.71 bits per heavy atom. The zero-order chi connectivity index (χ0) is 10.4. The Bertz CT molecular complexity index is 369. The summed E-state index contributed by atoms with van der Waals surface area (Å²) in [7, 11) is 0. The minimum Gasteiger partial charge on any atom is -0.478 e. The van der Waals surface area contributed by atoms with E-state index in [0.717, 1.165) is 0 Å². The molecule has 14 heavy (non-hydrogen) atoms. The zero-order valence-corrected chi connectivity index (χ0v) is 7.53. The lowest BCUT2D eigenvalue weighted by Crippen LogP contribution is -2.08. The molecule has 72 valence electrons. The summed E-state index contributed by atoms with van der Waals surface area (Å²) in [5.41, 5.74) is 0.157. The fraction of sp³-hybridized carbons (Fsp3) is 0.200. The number of terminal acetylenes is 1. The molecule has 1 heterocycles. The van der Waals surface area contributed by atoms with Crippen molar-refractivity contribution in [1.82, 2.24) is 4.98 Å². The molecule has 1 rings (SSSR count). The summed E-state index contributed by atoms with van der Waals surface area (Å²) in [6.45, 7) is 0.522. The van der Waals surface area contributed by atoms with Crippen LogP contribution >= 0.6 is 0 Å². The van der Waals surface area contributed by atoms with Gasteiger partial charge in [-0.15, -0.1) is 12.3 Å². The van der Waals surface area contributed by atoms with Crippen LogP contribution in [0, 0.1) is 12.3 Å². The van der Waals surface area contributed by atoms with Crippen LogP contribution in [-0.4, -0.2) is 22.6 Å². The van der Waals surface area contributed by atoms with Crippen LogP contribution in [0.5, 0.6) is 0 Å². The second-order valence-electron chi connectivity index (χ2n) is 2.59. The van der Waals surface area contributed by atoms with Crippen molar-refractivity contribution in [2.45, 2.75) is 6.42 Å². The average molecular weight is 190 g/mol. The first-order valence-electron chi connectivity index (χ1n) is 4.11. The third kappa shape index (κ3) is 2.49. The summed E-state index contributed by atoms with van der Waals surface area (Å²) in [4.78, 5) is 14.6. The molecule has 0 fully saturated rings. The topological polar surface area (TPSA) is 62.2 Å². The lowest BCUT2D eigenvalue weighted by Gasteiger charge is -2.05. The van der Waals surface area contributed by atoms with E-state index in [9.17, 15) is 4.79 Å². The molecule has 0 amide bonds. The summed E-state index contributed by atoms with van der Waals surface area (Å²) in [6.07, 6.45) is 7.13. The van der Waals surface area contributed by atoms with Gasteiger partial charge in [0, 0.05) is 19.2 Å². The van der Waals surface area contributed by atoms with E-state index in [4.69, 9.17) is 11.5 Å². The van der Waals surface area contributed by atoms with E-state index in [0.29, 0.717) is 18.8 Å². The molecule has 0 spiro atoms. The number of anilines is 1. The van der Waals surface area contributed by atoms with Gasteiger partial charge in [0.1, 0.15) is 11.4 Å². The van der Waals surface area contributed by atoms with Gasteiger partial charge >= 0.3 is 5.97 Å². The van der Waals surface area contributed by atoms with Crippen molar-refractivity contribution in [3.05, 3.63) is 23.9 Å². The third-order valence-electron chi connectivity index (χ3n) is 1.60. The van der Waals surface area contributed by atoms with Crippen LogP contribution in [0.2, 0.25) is 0 Å². The van der Waals surface area contributed by atoms with Crippen molar-refractivity contribution in [2.75, 3.05) is 11.9 Å². The number of hydrogen-bond donors (Lipinski definition) is 2. The van der Waals surface area contributed by atoms with Crippen LogP contribution in [0.3, 0.4) is 0 Å². The molecule has 0 unspecified atom stereocenters. The number of hydrogen-bond acceptors (Lipinski definition) is 3. The van der Waals surface area contributed by atoms with Crippen molar-refractivity contribution >= 4 is 11.8 Å². The Morgan fingerprint density at radius 2 is 2.50 bits per heavy atom. The van der Waals surface area contributed by atoms with Crippen molar-refractivity contribution in [3.8, 4) is 12.3 Å². The van der Waals surface area contributed by atoms with E-state index in [2.05, 4.69) is 16.2 Å². The van der Waals surface area contributed by atoms with Gasteiger partial charge in [0.2, 0.25) is 0 Å². The Labute approximate surface area is 82.0 Å². The molecule has 2 N–H and O–H groups in total. The highest BCUT2D eigenvalue weighted by molar-refractivity contribution is 5.92. The predicted octanol–water partition coefficient (Wildman–Crippen LogP) is 1.21. The van der Waals surface area contributed by atoms with Crippen molar-refractivity contribution in [3.63, 3.8) is 0 Å². The summed E-state index contributed by atoms with van der Waals surface area (Å²) in [6, 6.07) is 3.07. The van der Waals surface area contributed by atoms with E-state index >= 15 is 0 Å². The standard InChI is InChI=1S/C10H10N2O2/c1-2-3-6-11-9-8(10(13)14)5-4-7-12-9/h1,4-5,7H,3,6H2,(H,11,12)(H,13,14). The first-order valence-corrected chi connectivity index (χ1v) is 4.11. The van der Waals surface area contributed by atoms with Crippen molar-refractivity contribution < 1.29 is 9.90 Å². The summed E-state index contributed by atoms with van der Waals surface area (Å²) in [5.74, 6) is 1.81. The molecule has 0 saturated heterocycles. The number of pyridine rings is 1. The molecule has 0 aliphatic heterocycles. The maximum atomic E-state index is 10.7. The Balaban J connectivity index is 2.75.